The van der Waals surface area contributed by atoms with Gasteiger partial charge in [-0.3, -0.25) is 0 Å². The van der Waals surface area contributed by atoms with Gasteiger partial charge in [0.25, 0.3) is 0 Å². The van der Waals surface area contributed by atoms with Crippen LogP contribution in [0.15, 0.2) is 142 Å². The van der Waals surface area contributed by atoms with Gasteiger partial charge in [-0.05, 0) is 97.1 Å². The van der Waals surface area contributed by atoms with Crippen molar-refractivity contribution in [3.63, 3.8) is 0 Å². The van der Waals surface area contributed by atoms with E-state index in [1.807, 2.05) is 24.3 Å². The first-order valence-electron chi connectivity index (χ1n) is 14.9. The zero-order valence-corrected chi connectivity index (χ0v) is 26.6. The second kappa shape index (κ2) is 8.68. The average Bonchev–Trinajstić information content (AvgIpc) is 3.20. The lowest BCUT2D eigenvalue weighted by Crippen LogP contribution is -2.38. The Hall–Kier alpha value is -4.25. The molecule has 44 heavy (non-hydrogen) atoms. The van der Waals surface area contributed by atoms with Gasteiger partial charge in [-0.15, -0.1) is 0 Å². The van der Waals surface area contributed by atoms with E-state index in [4.69, 9.17) is 0 Å². The van der Waals surface area contributed by atoms with Gasteiger partial charge < -0.3 is 0 Å². The van der Waals surface area contributed by atoms with E-state index in [9.17, 15) is 8.42 Å². The molecular formula is C40H27BrO2S. The Morgan fingerprint density at radius 3 is 1.70 bits per heavy atom. The lowest BCUT2D eigenvalue weighted by molar-refractivity contribution is 0.577. The molecule has 3 aliphatic rings. The number of hydrogen-bond acceptors (Lipinski definition) is 2. The molecule has 4 heteroatoms. The lowest BCUT2D eigenvalue weighted by atomic mass is 9.62. The van der Waals surface area contributed by atoms with E-state index in [0.29, 0.717) is 9.79 Å². The van der Waals surface area contributed by atoms with Crippen molar-refractivity contribution in [2.24, 2.45) is 0 Å². The summed E-state index contributed by atoms with van der Waals surface area (Å²) >= 11 is 3.77. The molecule has 6 aromatic rings. The van der Waals surface area contributed by atoms with Crippen LogP contribution in [0.3, 0.4) is 0 Å². The van der Waals surface area contributed by atoms with Crippen molar-refractivity contribution in [3.8, 4) is 33.4 Å². The molecule has 0 fully saturated rings. The van der Waals surface area contributed by atoms with Crippen molar-refractivity contribution < 1.29 is 8.42 Å². The molecule has 0 saturated carbocycles. The van der Waals surface area contributed by atoms with Gasteiger partial charge in [0.2, 0.25) is 9.84 Å². The highest BCUT2D eigenvalue weighted by molar-refractivity contribution is 9.10. The smallest absolute Gasteiger partial charge is 0.207 e. The highest BCUT2D eigenvalue weighted by atomic mass is 79.9. The van der Waals surface area contributed by atoms with Crippen LogP contribution < -0.4 is 0 Å². The van der Waals surface area contributed by atoms with Crippen molar-refractivity contribution in [2.45, 2.75) is 34.5 Å². The molecule has 2 aliphatic carbocycles. The number of fused-ring (bicyclic) bond motifs is 14. The summed E-state index contributed by atoms with van der Waals surface area (Å²) in [5.41, 5.74) is 11.6. The van der Waals surface area contributed by atoms with Gasteiger partial charge in [-0.25, -0.2) is 8.42 Å². The maximum atomic E-state index is 14.8. The molecular weight excluding hydrogens is 624 g/mol. The first kappa shape index (κ1) is 26.2. The molecule has 0 bridgehead atoms. The predicted octanol–water partition coefficient (Wildman–Crippen LogP) is 9.93. The van der Waals surface area contributed by atoms with Gasteiger partial charge in [0.1, 0.15) is 0 Å². The predicted molar refractivity (Wildman–Crippen MR) is 180 cm³/mol. The number of halogens is 1. The number of hydrogen-bond donors (Lipinski definition) is 0. The Morgan fingerprint density at radius 2 is 0.977 bits per heavy atom. The fourth-order valence-corrected chi connectivity index (χ4v) is 10.4. The Balaban J connectivity index is 1.55. The summed E-state index contributed by atoms with van der Waals surface area (Å²) in [6.45, 7) is 4.40. The molecule has 2 nitrogen and oxygen atoms in total. The quantitative estimate of drug-likeness (QED) is 0.164. The van der Waals surface area contributed by atoms with Crippen LogP contribution in [0.4, 0.5) is 0 Å². The summed E-state index contributed by atoms with van der Waals surface area (Å²) in [6, 6.07) is 44.0. The van der Waals surface area contributed by atoms with Crippen LogP contribution in [0.25, 0.3) is 33.4 Å². The van der Waals surface area contributed by atoms with Crippen LogP contribution in [0, 0.1) is 0 Å². The summed E-state index contributed by atoms with van der Waals surface area (Å²) in [5, 5.41) is 0. The summed E-state index contributed by atoms with van der Waals surface area (Å²) in [5.74, 6) is 0. The van der Waals surface area contributed by atoms with Gasteiger partial charge in [0, 0.05) is 9.89 Å². The monoisotopic (exact) mass is 650 g/mol. The molecule has 0 N–H and O–H groups in total. The fourth-order valence-electron chi connectivity index (χ4n) is 8.31. The van der Waals surface area contributed by atoms with Crippen molar-refractivity contribution in [1.29, 1.82) is 0 Å². The zero-order chi connectivity index (χ0) is 30.0. The molecule has 1 atom stereocenters. The van der Waals surface area contributed by atoms with Gasteiger partial charge >= 0.3 is 0 Å². The molecule has 0 aromatic heterocycles. The van der Waals surface area contributed by atoms with E-state index in [1.165, 1.54) is 11.1 Å². The Morgan fingerprint density at radius 1 is 0.455 bits per heavy atom. The van der Waals surface area contributed by atoms with E-state index in [2.05, 4.69) is 127 Å². The Bertz CT molecular complexity index is 2350. The third-order valence-electron chi connectivity index (χ3n) is 10.2. The van der Waals surface area contributed by atoms with Crippen molar-refractivity contribution >= 4 is 25.8 Å². The summed E-state index contributed by atoms with van der Waals surface area (Å²) in [4.78, 5) is 0.765. The molecule has 9 rings (SSSR count). The molecule has 1 unspecified atom stereocenters. The molecule has 212 valence electrons. The average molecular weight is 652 g/mol. The van der Waals surface area contributed by atoms with E-state index < -0.39 is 15.3 Å². The lowest BCUT2D eigenvalue weighted by Gasteiger charge is -2.43. The van der Waals surface area contributed by atoms with Gasteiger partial charge in [0.15, 0.2) is 0 Å². The van der Waals surface area contributed by atoms with Crippen molar-refractivity contribution in [1.82, 2.24) is 0 Å². The molecule has 1 aliphatic heterocycles. The third-order valence-corrected chi connectivity index (χ3v) is 12.5. The van der Waals surface area contributed by atoms with Crippen molar-refractivity contribution in [3.05, 3.63) is 165 Å². The molecule has 1 spiro atoms. The van der Waals surface area contributed by atoms with Crippen LogP contribution in [0.2, 0.25) is 0 Å². The van der Waals surface area contributed by atoms with E-state index in [-0.39, 0.29) is 5.41 Å². The fraction of sp³-hybridized carbons (Fsp3) is 0.100. The summed E-state index contributed by atoms with van der Waals surface area (Å²) in [7, 11) is -3.84. The zero-order valence-electron chi connectivity index (χ0n) is 24.2. The molecule has 0 saturated heterocycles. The van der Waals surface area contributed by atoms with Crippen molar-refractivity contribution in [2.75, 3.05) is 0 Å². The van der Waals surface area contributed by atoms with Crippen LogP contribution >= 0.6 is 15.9 Å². The van der Waals surface area contributed by atoms with Gasteiger partial charge in [-0.2, -0.15) is 0 Å². The van der Waals surface area contributed by atoms with Crippen LogP contribution in [0.1, 0.15) is 47.2 Å². The maximum absolute atomic E-state index is 14.8. The topological polar surface area (TPSA) is 34.1 Å². The summed E-state index contributed by atoms with van der Waals surface area (Å²) < 4.78 is 30.5. The second-order valence-corrected chi connectivity index (χ2v) is 15.4. The number of rotatable bonds is 0. The van der Waals surface area contributed by atoms with Crippen LogP contribution in [0.5, 0.6) is 0 Å². The highest BCUT2D eigenvalue weighted by Crippen LogP contribution is 2.61. The molecule has 6 aromatic carbocycles. The normalized spacial score (nSPS) is 19.0. The third kappa shape index (κ3) is 3.08. The SMILES string of the molecule is CC1(C)c2ccccc2-c2cc3c(cc21)S(=O)(=O)c1ccccc1C31c2ccccc2-c2ccccc2-c2cc(Br)ccc21. The highest BCUT2D eigenvalue weighted by Gasteiger charge is 2.53. The van der Waals surface area contributed by atoms with Crippen LogP contribution in [-0.4, -0.2) is 8.42 Å². The standard InChI is InChI=1S/C40H27BrO2S/c1-39(2)31-15-7-5-14-28(31)30-22-36-38(23-35(30)39)44(42,43)37-18-10-9-17-34(37)40(36)32-16-8-6-13-27(32)25-11-3-4-12-26(25)29-21-24(41)19-20-33(29)40/h3-23H,1-2H3. The summed E-state index contributed by atoms with van der Waals surface area (Å²) in [6.07, 6.45) is 0. The van der Waals surface area contributed by atoms with E-state index in [0.717, 1.165) is 60.1 Å². The Kier molecular flexibility index (Phi) is 5.17. The minimum absolute atomic E-state index is 0.332. The first-order valence-corrected chi connectivity index (χ1v) is 17.2. The molecule has 1 heterocycles. The van der Waals surface area contributed by atoms with Gasteiger partial charge in [-0.1, -0.05) is 127 Å². The maximum Gasteiger partial charge on any atom is 0.207 e. The second-order valence-electron chi connectivity index (χ2n) is 12.6. The minimum Gasteiger partial charge on any atom is -0.218 e. The van der Waals surface area contributed by atoms with E-state index >= 15 is 0 Å². The van der Waals surface area contributed by atoms with Crippen LogP contribution in [-0.2, 0) is 20.7 Å². The number of sulfone groups is 1. The Labute approximate surface area is 266 Å². The molecule has 0 amide bonds. The molecule has 0 radical (unpaired) electrons. The largest absolute Gasteiger partial charge is 0.218 e. The first-order chi connectivity index (χ1) is 21.3. The minimum atomic E-state index is -3.84. The van der Waals surface area contributed by atoms with E-state index in [1.54, 1.807) is 6.07 Å². The number of benzene rings is 6. The van der Waals surface area contributed by atoms with Gasteiger partial charge in [0.05, 0.1) is 15.2 Å².